The Kier molecular flexibility index (Phi) is 5.19. The number of unbranched alkanes of at least 4 members (excludes halogenated alkanes) is 1. The topological polar surface area (TPSA) is 54.3 Å². The summed E-state index contributed by atoms with van der Waals surface area (Å²) in [4.78, 5) is 24.5. The first-order valence-corrected chi connectivity index (χ1v) is 7.94. The number of nitrogens with one attached hydrogen (secondary N) is 1. The van der Waals surface area contributed by atoms with Gasteiger partial charge < -0.3 is 4.57 Å². The van der Waals surface area contributed by atoms with Crippen LogP contribution in [0.2, 0.25) is 0 Å². The van der Waals surface area contributed by atoms with Crippen LogP contribution in [-0.4, -0.2) is 25.7 Å². The summed E-state index contributed by atoms with van der Waals surface area (Å²) >= 11 is 6.36. The molecule has 1 aromatic rings. The van der Waals surface area contributed by atoms with E-state index in [4.69, 9.17) is 12.2 Å². The van der Waals surface area contributed by atoms with E-state index in [1.165, 1.54) is 11.8 Å². The molecule has 2 rings (SSSR count). The molecule has 0 atom stereocenters. The molecule has 2 amide bonds. The molecule has 0 aliphatic carbocycles. The standard InChI is InChI=1S/C14H17N3O2S2/c1-3-4-7-12(18)15-17-13(19)11(21-14(17)20)9-10-6-5-8-16(10)2/h5-6,8-9H,3-4,7H2,1-2H3,(H,15,18). The second-order valence-electron chi connectivity index (χ2n) is 4.70. The summed E-state index contributed by atoms with van der Waals surface area (Å²) in [6.45, 7) is 2.01. The van der Waals surface area contributed by atoms with Crippen molar-refractivity contribution in [3.05, 3.63) is 28.9 Å². The number of carbonyl (C=O) groups is 2. The zero-order valence-electron chi connectivity index (χ0n) is 12.0. The number of thiocarbonyl (C=S) groups is 1. The fraction of sp³-hybridized carbons (Fsp3) is 0.357. The predicted octanol–water partition coefficient (Wildman–Crippen LogP) is 2.45. The van der Waals surface area contributed by atoms with Crippen LogP contribution in [0, 0.1) is 0 Å². The lowest BCUT2D eigenvalue weighted by molar-refractivity contribution is -0.133. The van der Waals surface area contributed by atoms with Gasteiger partial charge in [0.2, 0.25) is 5.91 Å². The van der Waals surface area contributed by atoms with E-state index in [0.29, 0.717) is 15.6 Å². The molecule has 5 nitrogen and oxygen atoms in total. The first kappa shape index (κ1) is 15.8. The van der Waals surface area contributed by atoms with Gasteiger partial charge in [-0.25, -0.2) is 0 Å². The average Bonchev–Trinajstić information content (AvgIpc) is 2.96. The molecule has 1 saturated heterocycles. The molecule has 1 N–H and O–H groups in total. The molecule has 0 unspecified atom stereocenters. The van der Waals surface area contributed by atoms with Gasteiger partial charge in [0, 0.05) is 25.4 Å². The molecule has 2 heterocycles. The second kappa shape index (κ2) is 6.91. The fourth-order valence-corrected chi connectivity index (χ4v) is 3.00. The molecule has 0 aromatic carbocycles. The van der Waals surface area contributed by atoms with Gasteiger partial charge in [0.05, 0.1) is 4.91 Å². The Morgan fingerprint density at radius 3 is 2.90 bits per heavy atom. The number of thioether (sulfide) groups is 1. The summed E-state index contributed by atoms with van der Waals surface area (Å²) in [5, 5.41) is 1.16. The van der Waals surface area contributed by atoms with Crippen molar-refractivity contribution in [3.8, 4) is 0 Å². The zero-order chi connectivity index (χ0) is 15.4. The third-order valence-electron chi connectivity index (χ3n) is 3.05. The smallest absolute Gasteiger partial charge is 0.285 e. The van der Waals surface area contributed by atoms with Crippen molar-refractivity contribution in [1.82, 2.24) is 15.0 Å². The molecule has 0 bridgehead atoms. The highest BCUT2D eigenvalue weighted by Gasteiger charge is 2.33. The maximum absolute atomic E-state index is 12.3. The van der Waals surface area contributed by atoms with Crippen molar-refractivity contribution < 1.29 is 9.59 Å². The largest absolute Gasteiger partial charge is 0.351 e. The normalized spacial score (nSPS) is 16.9. The summed E-state index contributed by atoms with van der Waals surface area (Å²) in [5.74, 6) is -0.468. The summed E-state index contributed by atoms with van der Waals surface area (Å²) in [7, 11) is 1.90. The minimum atomic E-state index is -0.281. The molecule has 1 fully saturated rings. The second-order valence-corrected chi connectivity index (χ2v) is 6.38. The van der Waals surface area contributed by atoms with Crippen LogP contribution in [0.5, 0.6) is 0 Å². The molecule has 1 aliphatic rings. The molecule has 112 valence electrons. The van der Waals surface area contributed by atoms with Crippen LogP contribution in [0.15, 0.2) is 23.2 Å². The quantitative estimate of drug-likeness (QED) is 0.668. The van der Waals surface area contributed by atoms with Crippen LogP contribution in [0.3, 0.4) is 0 Å². The molecular weight excluding hydrogens is 306 g/mol. The monoisotopic (exact) mass is 323 g/mol. The molecule has 1 aromatic heterocycles. The average molecular weight is 323 g/mol. The Hall–Kier alpha value is -1.60. The molecular formula is C14H17N3O2S2. The van der Waals surface area contributed by atoms with Gasteiger partial charge in [0.15, 0.2) is 4.32 Å². The highest BCUT2D eigenvalue weighted by Crippen LogP contribution is 2.31. The molecule has 0 radical (unpaired) electrons. The van der Waals surface area contributed by atoms with Gasteiger partial charge in [-0.1, -0.05) is 25.1 Å². The van der Waals surface area contributed by atoms with E-state index >= 15 is 0 Å². The Morgan fingerprint density at radius 1 is 1.52 bits per heavy atom. The van der Waals surface area contributed by atoms with Gasteiger partial charge in [-0.3, -0.25) is 15.0 Å². The van der Waals surface area contributed by atoms with Gasteiger partial charge >= 0.3 is 0 Å². The van der Waals surface area contributed by atoms with Gasteiger partial charge in [-0.05, 0) is 36.8 Å². The van der Waals surface area contributed by atoms with Crippen molar-refractivity contribution in [2.24, 2.45) is 7.05 Å². The Balaban J connectivity index is 2.08. The van der Waals surface area contributed by atoms with Gasteiger partial charge in [-0.2, -0.15) is 5.01 Å². The van der Waals surface area contributed by atoms with Crippen LogP contribution in [-0.2, 0) is 16.6 Å². The molecule has 7 heteroatoms. The lowest BCUT2D eigenvalue weighted by atomic mass is 10.2. The number of hydrazine groups is 1. The number of aryl methyl sites for hydroxylation is 1. The Bertz CT molecular complexity index is 607. The Morgan fingerprint density at radius 2 is 2.29 bits per heavy atom. The molecule has 0 spiro atoms. The van der Waals surface area contributed by atoms with Crippen LogP contribution in [0.4, 0.5) is 0 Å². The van der Waals surface area contributed by atoms with Crippen LogP contribution >= 0.6 is 24.0 Å². The van der Waals surface area contributed by atoms with Crippen molar-refractivity contribution in [3.63, 3.8) is 0 Å². The molecule has 0 saturated carbocycles. The van der Waals surface area contributed by atoms with Crippen LogP contribution < -0.4 is 5.43 Å². The van der Waals surface area contributed by atoms with E-state index in [2.05, 4.69) is 5.43 Å². The molecule has 21 heavy (non-hydrogen) atoms. The van der Waals surface area contributed by atoms with Gasteiger partial charge in [0.1, 0.15) is 0 Å². The minimum Gasteiger partial charge on any atom is -0.351 e. The van der Waals surface area contributed by atoms with Gasteiger partial charge in [-0.15, -0.1) is 0 Å². The fourth-order valence-electron chi connectivity index (χ4n) is 1.84. The summed E-state index contributed by atoms with van der Waals surface area (Å²) in [6.07, 6.45) is 5.79. The summed E-state index contributed by atoms with van der Waals surface area (Å²) < 4.78 is 2.26. The van der Waals surface area contributed by atoms with E-state index in [-0.39, 0.29) is 11.8 Å². The number of nitrogens with zero attached hydrogens (tertiary/aromatic N) is 2. The number of rotatable bonds is 5. The van der Waals surface area contributed by atoms with Crippen molar-refractivity contribution in [2.75, 3.05) is 0 Å². The number of amides is 2. The van der Waals surface area contributed by atoms with Gasteiger partial charge in [0.25, 0.3) is 5.91 Å². The lowest BCUT2D eigenvalue weighted by Gasteiger charge is -2.15. The maximum Gasteiger partial charge on any atom is 0.285 e. The first-order valence-electron chi connectivity index (χ1n) is 6.71. The van der Waals surface area contributed by atoms with Crippen LogP contribution in [0.25, 0.3) is 6.08 Å². The van der Waals surface area contributed by atoms with E-state index in [9.17, 15) is 9.59 Å². The summed E-state index contributed by atoms with van der Waals surface area (Å²) in [6, 6.07) is 3.81. The number of hydrogen-bond donors (Lipinski definition) is 1. The minimum absolute atomic E-state index is 0.187. The number of carbonyl (C=O) groups excluding carboxylic acids is 2. The third kappa shape index (κ3) is 3.74. The van der Waals surface area contributed by atoms with E-state index < -0.39 is 0 Å². The number of hydrogen-bond acceptors (Lipinski definition) is 4. The maximum atomic E-state index is 12.3. The van der Waals surface area contributed by atoms with Crippen molar-refractivity contribution >= 4 is 46.2 Å². The Labute approximate surface area is 133 Å². The SMILES string of the molecule is CCCCC(=O)NN1C(=O)C(=Cc2cccn2C)SC1=S. The van der Waals surface area contributed by atoms with E-state index in [1.807, 2.05) is 36.9 Å². The highest BCUT2D eigenvalue weighted by molar-refractivity contribution is 8.26. The van der Waals surface area contributed by atoms with E-state index in [0.717, 1.165) is 23.5 Å². The third-order valence-corrected chi connectivity index (χ3v) is 4.35. The van der Waals surface area contributed by atoms with E-state index in [1.54, 1.807) is 6.08 Å². The predicted molar refractivity (Wildman–Crippen MR) is 88.1 cm³/mol. The number of aromatic nitrogens is 1. The van der Waals surface area contributed by atoms with Crippen LogP contribution in [0.1, 0.15) is 31.9 Å². The summed E-state index contributed by atoms with van der Waals surface area (Å²) in [5.41, 5.74) is 3.48. The zero-order valence-corrected chi connectivity index (χ0v) is 13.6. The van der Waals surface area contributed by atoms with Crippen molar-refractivity contribution in [2.45, 2.75) is 26.2 Å². The van der Waals surface area contributed by atoms with Crippen molar-refractivity contribution in [1.29, 1.82) is 0 Å². The molecule has 1 aliphatic heterocycles. The first-order chi connectivity index (χ1) is 10.0. The lowest BCUT2D eigenvalue weighted by Crippen LogP contribution is -2.44. The highest BCUT2D eigenvalue weighted by atomic mass is 32.2.